The van der Waals surface area contributed by atoms with Crippen molar-refractivity contribution >= 4 is 10.0 Å². The molecule has 2 aromatic rings. The van der Waals surface area contributed by atoms with Gasteiger partial charge in [-0.25, -0.2) is 8.42 Å². The third-order valence-corrected chi connectivity index (χ3v) is 5.01. The number of ether oxygens (including phenoxy) is 1. The van der Waals surface area contributed by atoms with E-state index >= 15 is 0 Å². The third-order valence-electron chi connectivity index (χ3n) is 3.23. The summed E-state index contributed by atoms with van der Waals surface area (Å²) in [4.78, 5) is 3.06. The van der Waals surface area contributed by atoms with Crippen molar-refractivity contribution in [2.75, 3.05) is 14.2 Å². The summed E-state index contributed by atoms with van der Waals surface area (Å²) in [6.45, 7) is 0.501. The molecular formula is C14H19N3O3S. The zero-order valence-corrected chi connectivity index (χ0v) is 12.9. The first-order valence-electron chi connectivity index (χ1n) is 6.44. The Morgan fingerprint density at radius 3 is 2.67 bits per heavy atom. The van der Waals surface area contributed by atoms with E-state index in [4.69, 9.17) is 10.5 Å². The first-order valence-corrected chi connectivity index (χ1v) is 7.88. The van der Waals surface area contributed by atoms with Gasteiger partial charge in [0.2, 0.25) is 10.0 Å². The summed E-state index contributed by atoms with van der Waals surface area (Å²) in [6.07, 6.45) is 1.45. The van der Waals surface area contributed by atoms with Crippen LogP contribution in [0.15, 0.2) is 41.4 Å². The molecule has 2 rings (SSSR count). The molecule has 0 aliphatic rings. The van der Waals surface area contributed by atoms with E-state index in [2.05, 4.69) is 4.98 Å². The number of rotatable bonds is 6. The molecule has 0 amide bonds. The lowest BCUT2D eigenvalue weighted by molar-refractivity contribution is 0.398. The maximum absolute atomic E-state index is 12.5. The number of hydrogen-bond acceptors (Lipinski definition) is 4. The predicted molar refractivity (Wildman–Crippen MR) is 80.3 cm³/mol. The highest BCUT2D eigenvalue weighted by atomic mass is 32.2. The predicted octanol–water partition coefficient (Wildman–Crippen LogP) is 1.30. The van der Waals surface area contributed by atoms with Crippen LogP contribution in [0.2, 0.25) is 0 Å². The molecule has 0 atom stereocenters. The van der Waals surface area contributed by atoms with E-state index < -0.39 is 10.0 Å². The number of aromatic nitrogens is 1. The van der Waals surface area contributed by atoms with E-state index in [-0.39, 0.29) is 18.0 Å². The van der Waals surface area contributed by atoms with E-state index in [0.29, 0.717) is 11.4 Å². The number of H-pyrrole nitrogens is 1. The van der Waals surface area contributed by atoms with Crippen LogP contribution >= 0.6 is 0 Å². The van der Waals surface area contributed by atoms with Gasteiger partial charge in [0.1, 0.15) is 5.75 Å². The summed E-state index contributed by atoms with van der Waals surface area (Å²) < 4.78 is 31.5. The lowest BCUT2D eigenvalue weighted by Gasteiger charge is -2.17. The highest BCUT2D eigenvalue weighted by Crippen LogP contribution is 2.22. The van der Waals surface area contributed by atoms with Gasteiger partial charge in [0, 0.05) is 37.6 Å². The topological polar surface area (TPSA) is 88.4 Å². The van der Waals surface area contributed by atoms with Crippen LogP contribution < -0.4 is 10.5 Å². The zero-order chi connectivity index (χ0) is 15.5. The molecule has 6 nitrogen and oxygen atoms in total. The smallest absolute Gasteiger partial charge is 0.244 e. The summed E-state index contributed by atoms with van der Waals surface area (Å²) in [7, 11) is -0.459. The molecule has 1 heterocycles. The number of aromatic amines is 1. The number of para-hydroxylation sites is 1. The van der Waals surface area contributed by atoms with Gasteiger partial charge in [-0.3, -0.25) is 0 Å². The number of sulfonamides is 1. The SMILES string of the molecule is COc1ccccc1CN(C)S(=O)(=O)c1c[nH]c(CN)c1. The molecule has 0 fully saturated rings. The Morgan fingerprint density at radius 2 is 2.05 bits per heavy atom. The highest BCUT2D eigenvalue weighted by molar-refractivity contribution is 7.89. The molecule has 0 saturated heterocycles. The van der Waals surface area contributed by atoms with Crippen molar-refractivity contribution in [3.8, 4) is 5.75 Å². The van der Waals surface area contributed by atoms with Gasteiger partial charge in [0.25, 0.3) is 0 Å². The van der Waals surface area contributed by atoms with E-state index in [0.717, 1.165) is 5.56 Å². The molecule has 1 aromatic heterocycles. The molecule has 0 radical (unpaired) electrons. The fourth-order valence-corrected chi connectivity index (χ4v) is 3.19. The molecule has 0 spiro atoms. The minimum absolute atomic E-state index is 0.209. The van der Waals surface area contributed by atoms with Crippen molar-refractivity contribution in [1.82, 2.24) is 9.29 Å². The molecule has 1 aromatic carbocycles. The average molecular weight is 309 g/mol. The van der Waals surface area contributed by atoms with Gasteiger partial charge in [0.05, 0.1) is 12.0 Å². The lowest BCUT2D eigenvalue weighted by atomic mass is 10.2. The van der Waals surface area contributed by atoms with E-state index in [1.807, 2.05) is 18.2 Å². The van der Waals surface area contributed by atoms with Gasteiger partial charge < -0.3 is 15.5 Å². The van der Waals surface area contributed by atoms with Crippen LogP contribution in [-0.4, -0.2) is 31.9 Å². The Morgan fingerprint density at radius 1 is 1.33 bits per heavy atom. The molecule has 0 bridgehead atoms. The molecule has 0 aliphatic carbocycles. The molecule has 21 heavy (non-hydrogen) atoms. The average Bonchev–Trinajstić information content (AvgIpc) is 2.97. The van der Waals surface area contributed by atoms with Crippen LogP contribution in [0, 0.1) is 0 Å². The molecular weight excluding hydrogens is 290 g/mol. The van der Waals surface area contributed by atoms with Gasteiger partial charge in [-0.15, -0.1) is 0 Å². The number of nitrogens with one attached hydrogen (secondary N) is 1. The second kappa shape index (κ2) is 6.30. The van der Waals surface area contributed by atoms with Gasteiger partial charge in [-0.2, -0.15) is 4.31 Å². The third kappa shape index (κ3) is 3.26. The lowest BCUT2D eigenvalue weighted by Crippen LogP contribution is -2.26. The first kappa shape index (κ1) is 15.6. The number of hydrogen-bond donors (Lipinski definition) is 2. The minimum Gasteiger partial charge on any atom is -0.496 e. The Balaban J connectivity index is 2.24. The molecule has 114 valence electrons. The van der Waals surface area contributed by atoms with Gasteiger partial charge >= 0.3 is 0 Å². The molecule has 0 saturated carbocycles. The Bertz CT molecular complexity index is 710. The molecule has 0 unspecified atom stereocenters. The molecule has 0 aliphatic heterocycles. The monoisotopic (exact) mass is 309 g/mol. The van der Waals surface area contributed by atoms with Crippen molar-refractivity contribution in [2.45, 2.75) is 18.0 Å². The summed E-state index contributed by atoms with van der Waals surface area (Å²) in [6, 6.07) is 8.89. The van der Waals surface area contributed by atoms with Gasteiger partial charge in [-0.05, 0) is 12.1 Å². The maximum atomic E-state index is 12.5. The minimum atomic E-state index is -3.56. The Hall–Kier alpha value is -1.83. The van der Waals surface area contributed by atoms with Crippen LogP contribution in [0.1, 0.15) is 11.3 Å². The summed E-state index contributed by atoms with van der Waals surface area (Å²) in [5, 5.41) is 0. The summed E-state index contributed by atoms with van der Waals surface area (Å²) in [5.41, 5.74) is 6.97. The van der Waals surface area contributed by atoms with Gasteiger partial charge in [-0.1, -0.05) is 18.2 Å². The van der Waals surface area contributed by atoms with E-state index in [1.54, 1.807) is 19.2 Å². The van der Waals surface area contributed by atoms with Crippen molar-refractivity contribution in [1.29, 1.82) is 0 Å². The van der Waals surface area contributed by atoms with Crippen LogP contribution in [0.3, 0.4) is 0 Å². The van der Waals surface area contributed by atoms with Crippen molar-refractivity contribution in [3.63, 3.8) is 0 Å². The Labute approximate surface area is 124 Å². The first-order chi connectivity index (χ1) is 9.98. The quantitative estimate of drug-likeness (QED) is 0.842. The standard InChI is InChI=1S/C14H19N3O3S/c1-17(10-11-5-3-4-6-14(11)20-2)21(18,19)13-7-12(8-15)16-9-13/h3-7,9,16H,8,10,15H2,1-2H3. The molecule has 3 N–H and O–H groups in total. The second-order valence-electron chi connectivity index (χ2n) is 4.64. The number of methoxy groups -OCH3 is 1. The number of nitrogens with two attached hydrogens (primary N) is 1. The van der Waals surface area contributed by atoms with Crippen molar-refractivity contribution < 1.29 is 13.2 Å². The summed E-state index contributed by atoms with van der Waals surface area (Å²) >= 11 is 0. The van der Waals surface area contributed by atoms with Crippen LogP contribution in [0.5, 0.6) is 5.75 Å². The van der Waals surface area contributed by atoms with Gasteiger partial charge in [0.15, 0.2) is 0 Å². The fourth-order valence-electron chi connectivity index (χ4n) is 2.02. The number of benzene rings is 1. The normalized spacial score (nSPS) is 11.8. The summed E-state index contributed by atoms with van der Waals surface area (Å²) in [5.74, 6) is 0.663. The fraction of sp³-hybridized carbons (Fsp3) is 0.286. The second-order valence-corrected chi connectivity index (χ2v) is 6.68. The molecule has 7 heteroatoms. The highest BCUT2D eigenvalue weighted by Gasteiger charge is 2.23. The van der Waals surface area contributed by atoms with Crippen molar-refractivity contribution in [2.24, 2.45) is 5.73 Å². The van der Waals surface area contributed by atoms with Crippen molar-refractivity contribution in [3.05, 3.63) is 47.8 Å². The maximum Gasteiger partial charge on any atom is 0.244 e. The van der Waals surface area contributed by atoms with Crippen LogP contribution in [-0.2, 0) is 23.1 Å². The van der Waals surface area contributed by atoms with E-state index in [1.165, 1.54) is 17.5 Å². The largest absolute Gasteiger partial charge is 0.496 e. The van der Waals surface area contributed by atoms with E-state index in [9.17, 15) is 8.42 Å². The zero-order valence-electron chi connectivity index (χ0n) is 12.0. The number of nitrogens with zero attached hydrogens (tertiary/aromatic N) is 1. The van der Waals surface area contributed by atoms with Crippen LogP contribution in [0.25, 0.3) is 0 Å². The van der Waals surface area contributed by atoms with Crippen LogP contribution in [0.4, 0.5) is 0 Å². The Kier molecular flexibility index (Phi) is 4.66.